The monoisotopic (exact) mass is 196 g/mol. The van der Waals surface area contributed by atoms with Gasteiger partial charge >= 0.3 is 0 Å². The molecule has 0 amide bonds. The average Bonchev–Trinajstić information content (AvgIpc) is 2.17. The molecule has 2 fully saturated rings. The molecule has 80 valence electrons. The van der Waals surface area contributed by atoms with Crippen LogP contribution >= 0.6 is 0 Å². The standard InChI is InChI=1S/C12H20O2/c1-11(2)5-4-6-12(3)7-8(13)9(11)10(12)14/h8-9,13H,4-7H2,1-3H3. The summed E-state index contributed by atoms with van der Waals surface area (Å²) >= 11 is 0. The van der Waals surface area contributed by atoms with Gasteiger partial charge in [0.1, 0.15) is 5.78 Å². The van der Waals surface area contributed by atoms with Gasteiger partial charge in [-0.2, -0.15) is 0 Å². The van der Waals surface area contributed by atoms with Crippen molar-refractivity contribution >= 4 is 5.78 Å². The quantitative estimate of drug-likeness (QED) is 0.644. The van der Waals surface area contributed by atoms with Crippen LogP contribution in [0.3, 0.4) is 0 Å². The van der Waals surface area contributed by atoms with Crippen LogP contribution in [0.25, 0.3) is 0 Å². The van der Waals surface area contributed by atoms with Crippen LogP contribution < -0.4 is 0 Å². The lowest BCUT2D eigenvalue weighted by Gasteiger charge is -2.31. The van der Waals surface area contributed by atoms with Crippen molar-refractivity contribution in [3.8, 4) is 0 Å². The van der Waals surface area contributed by atoms with E-state index in [9.17, 15) is 9.90 Å². The Hall–Kier alpha value is -0.370. The van der Waals surface area contributed by atoms with E-state index >= 15 is 0 Å². The molecule has 2 rings (SSSR count). The Morgan fingerprint density at radius 3 is 2.57 bits per heavy atom. The Labute approximate surface area is 85.7 Å². The Morgan fingerprint density at radius 2 is 1.93 bits per heavy atom. The zero-order valence-corrected chi connectivity index (χ0v) is 9.34. The van der Waals surface area contributed by atoms with Crippen LogP contribution in [0.4, 0.5) is 0 Å². The topological polar surface area (TPSA) is 37.3 Å². The van der Waals surface area contributed by atoms with Crippen molar-refractivity contribution in [1.82, 2.24) is 0 Å². The van der Waals surface area contributed by atoms with E-state index in [2.05, 4.69) is 13.8 Å². The SMILES string of the molecule is CC12CCCC(C)(C)C(C1=O)C(O)C2. The smallest absolute Gasteiger partial charge is 0.145 e. The molecule has 14 heavy (non-hydrogen) atoms. The van der Waals surface area contributed by atoms with Gasteiger partial charge in [-0.05, 0) is 24.7 Å². The highest BCUT2D eigenvalue weighted by atomic mass is 16.3. The summed E-state index contributed by atoms with van der Waals surface area (Å²) in [6, 6.07) is 0. The molecule has 0 saturated heterocycles. The van der Waals surface area contributed by atoms with Crippen LogP contribution in [0.5, 0.6) is 0 Å². The molecule has 0 radical (unpaired) electrons. The van der Waals surface area contributed by atoms with Crippen LogP contribution in [-0.2, 0) is 4.79 Å². The number of rotatable bonds is 0. The van der Waals surface area contributed by atoms with E-state index < -0.39 is 6.10 Å². The first-order valence-electron chi connectivity index (χ1n) is 5.59. The van der Waals surface area contributed by atoms with Gasteiger partial charge < -0.3 is 5.11 Å². The highest BCUT2D eigenvalue weighted by Gasteiger charge is 2.56. The molecule has 0 aromatic carbocycles. The lowest BCUT2D eigenvalue weighted by Crippen LogP contribution is -2.34. The molecule has 3 atom stereocenters. The first-order valence-corrected chi connectivity index (χ1v) is 5.59. The normalized spacial score (nSPS) is 46.4. The lowest BCUT2D eigenvalue weighted by molar-refractivity contribution is -0.131. The second kappa shape index (κ2) is 2.82. The van der Waals surface area contributed by atoms with Crippen molar-refractivity contribution < 1.29 is 9.90 Å². The van der Waals surface area contributed by atoms with Crippen LogP contribution in [0, 0.1) is 16.7 Å². The maximum absolute atomic E-state index is 12.2. The molecular formula is C12H20O2. The zero-order valence-electron chi connectivity index (χ0n) is 9.34. The van der Waals surface area contributed by atoms with Gasteiger partial charge in [-0.25, -0.2) is 0 Å². The van der Waals surface area contributed by atoms with Gasteiger partial charge in [-0.3, -0.25) is 4.79 Å². The highest BCUT2D eigenvalue weighted by Crippen LogP contribution is 2.53. The first-order chi connectivity index (χ1) is 6.37. The zero-order chi connectivity index (χ0) is 10.6. The third kappa shape index (κ3) is 1.23. The molecule has 2 aliphatic rings. The van der Waals surface area contributed by atoms with Crippen molar-refractivity contribution in [2.24, 2.45) is 16.7 Å². The maximum Gasteiger partial charge on any atom is 0.145 e. The maximum atomic E-state index is 12.2. The fourth-order valence-electron chi connectivity index (χ4n) is 3.42. The number of ketones is 1. The summed E-state index contributed by atoms with van der Waals surface area (Å²) < 4.78 is 0. The summed E-state index contributed by atoms with van der Waals surface area (Å²) in [5.41, 5.74) is -0.234. The molecular weight excluding hydrogens is 176 g/mol. The third-order valence-corrected chi connectivity index (χ3v) is 4.31. The predicted molar refractivity (Wildman–Crippen MR) is 54.9 cm³/mol. The highest BCUT2D eigenvalue weighted by molar-refractivity contribution is 5.90. The molecule has 1 N–H and O–H groups in total. The van der Waals surface area contributed by atoms with E-state index in [0.29, 0.717) is 12.2 Å². The molecule has 0 heterocycles. The van der Waals surface area contributed by atoms with E-state index in [0.717, 1.165) is 19.3 Å². The molecule has 0 aliphatic heterocycles. The van der Waals surface area contributed by atoms with Crippen molar-refractivity contribution in [2.45, 2.75) is 52.6 Å². The number of hydrogen-bond donors (Lipinski definition) is 1. The molecule has 2 nitrogen and oxygen atoms in total. The third-order valence-electron chi connectivity index (χ3n) is 4.31. The van der Waals surface area contributed by atoms with E-state index in [-0.39, 0.29) is 16.7 Å². The molecule has 0 aromatic heterocycles. The second-order valence-electron chi connectivity index (χ2n) is 6.02. The summed E-state index contributed by atoms with van der Waals surface area (Å²) in [5, 5.41) is 9.97. The molecule has 2 bridgehead atoms. The van der Waals surface area contributed by atoms with Crippen molar-refractivity contribution in [3.05, 3.63) is 0 Å². The number of aliphatic hydroxyl groups excluding tert-OH is 1. The van der Waals surface area contributed by atoms with Gasteiger partial charge in [0.15, 0.2) is 0 Å². The Bertz CT molecular complexity index is 269. The number of hydrogen-bond acceptors (Lipinski definition) is 2. The summed E-state index contributed by atoms with van der Waals surface area (Å²) in [7, 11) is 0. The predicted octanol–water partition coefficient (Wildman–Crippen LogP) is 2.15. The largest absolute Gasteiger partial charge is 0.392 e. The van der Waals surface area contributed by atoms with E-state index in [4.69, 9.17) is 0 Å². The first kappa shape index (κ1) is 10.2. The average molecular weight is 196 g/mol. The van der Waals surface area contributed by atoms with E-state index in [1.807, 2.05) is 6.92 Å². The van der Waals surface area contributed by atoms with E-state index in [1.54, 1.807) is 0 Å². The number of Topliss-reactive ketones (excluding diaryl/α,β-unsaturated/α-hetero) is 1. The van der Waals surface area contributed by atoms with E-state index in [1.165, 1.54) is 0 Å². The van der Waals surface area contributed by atoms with Crippen molar-refractivity contribution in [1.29, 1.82) is 0 Å². The fraction of sp³-hybridized carbons (Fsp3) is 0.917. The van der Waals surface area contributed by atoms with Gasteiger partial charge in [0.05, 0.1) is 6.10 Å². The minimum Gasteiger partial charge on any atom is -0.392 e. The number of carbonyl (C=O) groups is 1. The van der Waals surface area contributed by atoms with Gasteiger partial charge in [0, 0.05) is 11.3 Å². The Kier molecular flexibility index (Phi) is 2.04. The fourth-order valence-corrected chi connectivity index (χ4v) is 3.42. The lowest BCUT2D eigenvalue weighted by atomic mass is 9.74. The summed E-state index contributed by atoms with van der Waals surface area (Å²) in [6.07, 6.45) is 3.43. The van der Waals surface area contributed by atoms with Crippen molar-refractivity contribution in [3.63, 3.8) is 0 Å². The van der Waals surface area contributed by atoms with Gasteiger partial charge in [-0.15, -0.1) is 0 Å². The van der Waals surface area contributed by atoms with Gasteiger partial charge in [0.2, 0.25) is 0 Å². The summed E-state index contributed by atoms with van der Waals surface area (Å²) in [6.45, 7) is 6.27. The summed E-state index contributed by atoms with van der Waals surface area (Å²) in [4.78, 5) is 12.2. The van der Waals surface area contributed by atoms with Crippen molar-refractivity contribution in [2.75, 3.05) is 0 Å². The molecule has 0 aromatic rings. The molecule has 3 unspecified atom stereocenters. The minimum atomic E-state index is -0.400. The second-order valence-corrected chi connectivity index (χ2v) is 6.02. The van der Waals surface area contributed by atoms with Crippen LogP contribution in [0.2, 0.25) is 0 Å². The molecule has 2 heteroatoms. The minimum absolute atomic E-state index is 0.00917. The van der Waals surface area contributed by atoms with Crippen LogP contribution in [0.15, 0.2) is 0 Å². The van der Waals surface area contributed by atoms with Crippen LogP contribution in [0.1, 0.15) is 46.5 Å². The molecule has 2 saturated carbocycles. The van der Waals surface area contributed by atoms with Gasteiger partial charge in [-0.1, -0.05) is 27.2 Å². The number of fused-ring (bicyclic) bond motifs is 2. The molecule has 2 aliphatic carbocycles. The Morgan fingerprint density at radius 1 is 1.29 bits per heavy atom. The van der Waals surface area contributed by atoms with Gasteiger partial charge in [0.25, 0.3) is 0 Å². The molecule has 0 spiro atoms. The Balaban J connectivity index is 2.41. The number of carbonyl (C=O) groups excluding carboxylic acids is 1. The van der Waals surface area contributed by atoms with Crippen LogP contribution in [-0.4, -0.2) is 17.0 Å². The summed E-state index contributed by atoms with van der Waals surface area (Å²) in [5.74, 6) is 0.197. The number of aliphatic hydroxyl groups is 1.